The van der Waals surface area contributed by atoms with E-state index in [4.69, 9.17) is 0 Å². The number of amides is 1. The minimum Gasteiger partial charge on any atom is -0.435 e. The van der Waals surface area contributed by atoms with Crippen molar-refractivity contribution in [3.63, 3.8) is 0 Å². The Morgan fingerprint density at radius 1 is 1.07 bits per heavy atom. The number of anilines is 1. The molecule has 0 unspecified atom stereocenters. The van der Waals surface area contributed by atoms with Crippen LogP contribution in [0.1, 0.15) is 5.56 Å². The monoisotopic (exact) mass is 400 g/mol. The minimum absolute atomic E-state index is 0.00360. The number of alkyl halides is 4. The highest BCUT2D eigenvalue weighted by molar-refractivity contribution is 6.02. The first-order valence-corrected chi connectivity index (χ1v) is 7.52. The van der Waals surface area contributed by atoms with Gasteiger partial charge in [-0.05, 0) is 24.3 Å². The van der Waals surface area contributed by atoms with Crippen LogP contribution in [0.15, 0.2) is 48.5 Å². The Kier molecular flexibility index (Phi) is 6.90. The Hall–Kier alpha value is -3.63. The smallest absolute Gasteiger partial charge is 0.387 e. The van der Waals surface area contributed by atoms with Gasteiger partial charge in [0.2, 0.25) is 5.91 Å². The lowest BCUT2D eigenvalue weighted by molar-refractivity contribution is -0.384. The van der Waals surface area contributed by atoms with Crippen LogP contribution in [-0.4, -0.2) is 24.1 Å². The fourth-order valence-electron chi connectivity index (χ4n) is 2.07. The van der Waals surface area contributed by atoms with Gasteiger partial charge in [0.1, 0.15) is 11.5 Å². The van der Waals surface area contributed by atoms with E-state index in [0.717, 1.165) is 36.4 Å². The SMILES string of the molecule is O=C(/C=C/c1ccc(OC(F)F)cc1OC(F)F)Nc1cccc([N+](=O)[O-])c1. The summed E-state index contributed by atoms with van der Waals surface area (Å²) in [5, 5.41) is 13.1. The highest BCUT2D eigenvalue weighted by Crippen LogP contribution is 2.28. The molecule has 0 heterocycles. The van der Waals surface area contributed by atoms with Gasteiger partial charge in [-0.25, -0.2) is 0 Å². The zero-order chi connectivity index (χ0) is 20.7. The molecule has 0 aliphatic rings. The lowest BCUT2D eigenvalue weighted by atomic mass is 10.1. The molecule has 0 atom stereocenters. The van der Waals surface area contributed by atoms with Gasteiger partial charge < -0.3 is 14.8 Å². The molecule has 2 aromatic carbocycles. The van der Waals surface area contributed by atoms with Crippen LogP contribution in [0.3, 0.4) is 0 Å². The summed E-state index contributed by atoms with van der Waals surface area (Å²) in [6.07, 6.45) is 2.07. The van der Waals surface area contributed by atoms with Crippen molar-refractivity contribution < 1.29 is 36.8 Å². The molecular formula is C17H12F4N2O5. The average Bonchev–Trinajstić information content (AvgIpc) is 2.60. The van der Waals surface area contributed by atoms with Crippen molar-refractivity contribution in [1.29, 1.82) is 0 Å². The molecular weight excluding hydrogens is 388 g/mol. The van der Waals surface area contributed by atoms with Crippen LogP contribution in [0, 0.1) is 10.1 Å². The van der Waals surface area contributed by atoms with E-state index in [1.165, 1.54) is 18.2 Å². The second-order valence-electron chi connectivity index (χ2n) is 5.09. The van der Waals surface area contributed by atoms with Gasteiger partial charge in [0.25, 0.3) is 5.69 Å². The van der Waals surface area contributed by atoms with Crippen LogP contribution in [0.5, 0.6) is 11.5 Å². The Morgan fingerprint density at radius 3 is 2.43 bits per heavy atom. The number of nitrogens with one attached hydrogen (secondary N) is 1. The van der Waals surface area contributed by atoms with E-state index in [0.29, 0.717) is 0 Å². The predicted octanol–water partition coefficient (Wildman–Crippen LogP) is 4.45. The molecule has 0 saturated heterocycles. The maximum atomic E-state index is 12.5. The van der Waals surface area contributed by atoms with E-state index >= 15 is 0 Å². The zero-order valence-electron chi connectivity index (χ0n) is 13.9. The van der Waals surface area contributed by atoms with Crippen LogP contribution in [-0.2, 0) is 4.79 Å². The number of nitro benzene ring substituents is 1. The third-order valence-corrected chi connectivity index (χ3v) is 3.17. The zero-order valence-corrected chi connectivity index (χ0v) is 13.9. The van der Waals surface area contributed by atoms with Crippen LogP contribution in [0.25, 0.3) is 6.08 Å². The lowest BCUT2D eigenvalue weighted by Crippen LogP contribution is -2.08. The maximum Gasteiger partial charge on any atom is 0.387 e. The molecule has 148 valence electrons. The molecule has 7 nitrogen and oxygen atoms in total. The lowest BCUT2D eigenvalue weighted by Gasteiger charge is -2.11. The van der Waals surface area contributed by atoms with E-state index in [2.05, 4.69) is 14.8 Å². The second kappa shape index (κ2) is 9.35. The first kappa shape index (κ1) is 20.7. The summed E-state index contributed by atoms with van der Waals surface area (Å²) < 4.78 is 57.9. The van der Waals surface area contributed by atoms with E-state index in [1.807, 2.05) is 0 Å². The minimum atomic E-state index is -3.23. The number of hydrogen-bond donors (Lipinski definition) is 1. The van der Waals surface area contributed by atoms with Crippen molar-refractivity contribution in [3.8, 4) is 11.5 Å². The van der Waals surface area contributed by atoms with Gasteiger partial charge in [0.15, 0.2) is 0 Å². The Labute approximate surface area is 155 Å². The number of nitrogens with zero attached hydrogens (tertiary/aromatic N) is 1. The number of rotatable bonds is 8. The number of halogens is 4. The molecule has 0 fully saturated rings. The number of benzene rings is 2. The topological polar surface area (TPSA) is 90.7 Å². The molecule has 2 rings (SSSR count). The number of ether oxygens (including phenoxy) is 2. The molecule has 0 radical (unpaired) electrons. The van der Waals surface area contributed by atoms with Crippen LogP contribution < -0.4 is 14.8 Å². The number of nitro groups is 1. The molecule has 2 aromatic rings. The molecule has 0 aromatic heterocycles. The second-order valence-corrected chi connectivity index (χ2v) is 5.09. The maximum absolute atomic E-state index is 12.5. The largest absolute Gasteiger partial charge is 0.435 e. The Morgan fingerprint density at radius 2 is 1.79 bits per heavy atom. The summed E-state index contributed by atoms with van der Waals surface area (Å²) in [6.45, 7) is -6.38. The summed E-state index contributed by atoms with van der Waals surface area (Å²) in [5.74, 6) is -1.59. The number of carbonyl (C=O) groups excluding carboxylic acids is 1. The Balaban J connectivity index is 2.16. The highest BCUT2D eigenvalue weighted by atomic mass is 19.3. The third-order valence-electron chi connectivity index (χ3n) is 3.17. The first-order valence-electron chi connectivity index (χ1n) is 7.52. The third kappa shape index (κ3) is 6.27. The van der Waals surface area contributed by atoms with Gasteiger partial charge >= 0.3 is 13.2 Å². The van der Waals surface area contributed by atoms with Crippen molar-refractivity contribution in [2.45, 2.75) is 13.2 Å². The van der Waals surface area contributed by atoms with Gasteiger partial charge in [-0.2, -0.15) is 17.6 Å². The van der Waals surface area contributed by atoms with E-state index in [-0.39, 0.29) is 16.9 Å². The van der Waals surface area contributed by atoms with E-state index < -0.39 is 35.6 Å². The normalized spacial score (nSPS) is 11.1. The molecule has 0 aliphatic heterocycles. The van der Waals surface area contributed by atoms with Crippen molar-refractivity contribution >= 4 is 23.4 Å². The van der Waals surface area contributed by atoms with Crippen LogP contribution in [0.2, 0.25) is 0 Å². The van der Waals surface area contributed by atoms with Gasteiger partial charge in [0.05, 0.1) is 4.92 Å². The summed E-state index contributed by atoms with van der Waals surface area (Å²) in [6, 6.07) is 8.22. The number of hydrogen-bond acceptors (Lipinski definition) is 5. The highest BCUT2D eigenvalue weighted by Gasteiger charge is 2.13. The molecule has 1 amide bonds. The first-order chi connectivity index (χ1) is 13.2. The van der Waals surface area contributed by atoms with E-state index in [1.54, 1.807) is 0 Å². The fourth-order valence-corrected chi connectivity index (χ4v) is 2.07. The van der Waals surface area contributed by atoms with Crippen molar-refractivity contribution in [3.05, 3.63) is 64.2 Å². The fraction of sp³-hybridized carbons (Fsp3) is 0.118. The molecule has 0 bridgehead atoms. The molecule has 0 saturated carbocycles. The molecule has 0 aliphatic carbocycles. The van der Waals surface area contributed by atoms with Crippen molar-refractivity contribution in [2.24, 2.45) is 0 Å². The molecule has 0 spiro atoms. The molecule has 1 N–H and O–H groups in total. The summed E-state index contributed by atoms with van der Waals surface area (Å²) in [5.41, 5.74) is -0.0892. The van der Waals surface area contributed by atoms with Gasteiger partial charge in [-0.3, -0.25) is 14.9 Å². The van der Waals surface area contributed by atoms with Crippen molar-refractivity contribution in [2.75, 3.05) is 5.32 Å². The van der Waals surface area contributed by atoms with Gasteiger partial charge in [0, 0.05) is 35.5 Å². The average molecular weight is 400 g/mol. The van der Waals surface area contributed by atoms with Gasteiger partial charge in [-0.15, -0.1) is 0 Å². The number of carbonyl (C=O) groups is 1. The van der Waals surface area contributed by atoms with Gasteiger partial charge in [-0.1, -0.05) is 6.07 Å². The summed E-state index contributed by atoms with van der Waals surface area (Å²) in [7, 11) is 0. The quantitative estimate of drug-likeness (QED) is 0.306. The van der Waals surface area contributed by atoms with Crippen LogP contribution >= 0.6 is 0 Å². The van der Waals surface area contributed by atoms with Crippen LogP contribution in [0.4, 0.5) is 28.9 Å². The number of non-ortho nitro benzene ring substituents is 1. The standard InChI is InChI=1S/C17H12F4N2O5/c18-16(19)27-13-6-4-10(14(9-13)28-17(20)21)5-7-15(24)22-11-2-1-3-12(8-11)23(25)26/h1-9,16-17H,(H,22,24)/b7-5+. The van der Waals surface area contributed by atoms with E-state index in [9.17, 15) is 32.5 Å². The molecule has 28 heavy (non-hydrogen) atoms. The summed E-state index contributed by atoms with van der Waals surface area (Å²) >= 11 is 0. The Bertz CT molecular complexity index is 890. The molecule has 11 heteroatoms. The van der Waals surface area contributed by atoms with Crippen molar-refractivity contribution in [1.82, 2.24) is 0 Å². The summed E-state index contributed by atoms with van der Waals surface area (Å²) in [4.78, 5) is 22.0. The predicted molar refractivity (Wildman–Crippen MR) is 90.5 cm³/mol.